The number of piperazine rings is 1. The Bertz CT molecular complexity index is 1350. The molecule has 1 aromatic heterocycles. The van der Waals surface area contributed by atoms with Crippen LogP contribution in [-0.2, 0) is 0 Å². The molecule has 2 N–H and O–H groups in total. The number of aliphatic hydroxyl groups is 1. The van der Waals surface area contributed by atoms with Crippen LogP contribution in [0.2, 0.25) is 0 Å². The maximum Gasteiger partial charge on any atom is 0.350 e. The van der Waals surface area contributed by atoms with Gasteiger partial charge in [-0.15, -0.1) is 0 Å². The van der Waals surface area contributed by atoms with E-state index in [1.807, 2.05) is 67.6 Å². The normalized spacial score (nSPS) is 15.6. The predicted molar refractivity (Wildman–Crippen MR) is 141 cm³/mol. The van der Waals surface area contributed by atoms with Gasteiger partial charge >= 0.3 is 5.69 Å². The summed E-state index contributed by atoms with van der Waals surface area (Å²) in [6.45, 7) is 7.33. The lowest BCUT2D eigenvalue weighted by atomic mass is 10.0. The van der Waals surface area contributed by atoms with E-state index in [4.69, 9.17) is 0 Å². The lowest BCUT2D eigenvalue weighted by Crippen LogP contribution is -2.46. The lowest BCUT2D eigenvalue weighted by Gasteiger charge is -2.37. The highest BCUT2D eigenvalue weighted by atomic mass is 16.3. The van der Waals surface area contributed by atoms with Crippen molar-refractivity contribution in [3.63, 3.8) is 0 Å². The van der Waals surface area contributed by atoms with Crippen molar-refractivity contribution in [1.29, 1.82) is 0 Å². The molecule has 0 spiro atoms. The molecule has 2 unspecified atom stereocenters. The minimum atomic E-state index is -0.839. The van der Waals surface area contributed by atoms with Crippen LogP contribution < -0.4 is 15.5 Å². The van der Waals surface area contributed by atoms with Crippen LogP contribution in [0.3, 0.4) is 0 Å². The summed E-state index contributed by atoms with van der Waals surface area (Å²) < 4.78 is 2.84. The van der Waals surface area contributed by atoms with Crippen LogP contribution in [0.5, 0.6) is 5.75 Å². The molecule has 1 fully saturated rings. The minimum Gasteiger partial charge on any atom is -0.508 e. The molecule has 0 radical (unpaired) electrons. The molecule has 2 atom stereocenters. The van der Waals surface area contributed by atoms with Crippen LogP contribution >= 0.6 is 0 Å². The first kappa shape index (κ1) is 23.7. The zero-order chi connectivity index (χ0) is 25.2. The fraction of sp³-hybridized carbons (Fsp3) is 0.286. The van der Waals surface area contributed by atoms with E-state index in [0.29, 0.717) is 0 Å². The molecule has 8 heteroatoms. The van der Waals surface area contributed by atoms with E-state index >= 15 is 0 Å². The first-order chi connectivity index (χ1) is 17.4. The maximum atomic E-state index is 13.1. The second kappa shape index (κ2) is 9.91. The molecule has 0 amide bonds. The fourth-order valence-electron chi connectivity index (χ4n) is 4.66. The van der Waals surface area contributed by atoms with Gasteiger partial charge in [-0.1, -0.05) is 29.8 Å². The first-order valence-electron chi connectivity index (χ1n) is 12.2. The molecule has 3 aromatic carbocycles. The average Bonchev–Trinajstić information content (AvgIpc) is 3.30. The number of hydrogen-bond acceptors (Lipinski definition) is 6. The average molecular weight is 486 g/mol. The Hall–Kier alpha value is -4.04. The summed E-state index contributed by atoms with van der Waals surface area (Å²) in [7, 11) is 0. The molecule has 0 saturated carbocycles. The van der Waals surface area contributed by atoms with Crippen LogP contribution in [0.4, 0.5) is 11.4 Å². The van der Waals surface area contributed by atoms with Crippen molar-refractivity contribution in [2.45, 2.75) is 26.0 Å². The summed E-state index contributed by atoms with van der Waals surface area (Å²) in [6.07, 6.45) is 0.667. The van der Waals surface area contributed by atoms with Gasteiger partial charge in [-0.25, -0.2) is 14.0 Å². The number of aromatic hydroxyl groups is 1. The molecular weight excluding hydrogens is 454 g/mol. The number of aromatic nitrogens is 3. The van der Waals surface area contributed by atoms with Gasteiger partial charge in [0, 0.05) is 37.6 Å². The second-order valence-electron chi connectivity index (χ2n) is 9.33. The van der Waals surface area contributed by atoms with Crippen molar-refractivity contribution < 1.29 is 10.2 Å². The van der Waals surface area contributed by atoms with E-state index in [1.54, 1.807) is 19.1 Å². The van der Waals surface area contributed by atoms with Crippen LogP contribution in [0, 0.1) is 6.92 Å². The molecule has 1 aliphatic heterocycles. The van der Waals surface area contributed by atoms with Crippen molar-refractivity contribution in [1.82, 2.24) is 14.3 Å². The summed E-state index contributed by atoms with van der Waals surface area (Å²) in [5.74, 6) is 0.277. The van der Waals surface area contributed by atoms with Crippen molar-refractivity contribution in [2.24, 2.45) is 0 Å². The Morgan fingerprint density at radius 3 is 1.83 bits per heavy atom. The van der Waals surface area contributed by atoms with Gasteiger partial charge in [0.1, 0.15) is 18.2 Å². The molecule has 36 heavy (non-hydrogen) atoms. The highest BCUT2D eigenvalue weighted by molar-refractivity contribution is 5.54. The van der Waals surface area contributed by atoms with Gasteiger partial charge in [0.05, 0.1) is 11.7 Å². The number of anilines is 2. The summed E-state index contributed by atoms with van der Waals surface area (Å²) in [5, 5.41) is 24.6. The maximum absolute atomic E-state index is 13.1. The Labute approximate surface area is 210 Å². The smallest absolute Gasteiger partial charge is 0.350 e. The molecule has 2 heterocycles. The number of hydrogen-bond donors (Lipinski definition) is 2. The highest BCUT2D eigenvalue weighted by Crippen LogP contribution is 2.26. The zero-order valence-corrected chi connectivity index (χ0v) is 20.5. The number of phenolic OH excluding ortho intramolecular Hbond substituents is 1. The Morgan fingerprint density at radius 2 is 1.28 bits per heavy atom. The van der Waals surface area contributed by atoms with E-state index in [-0.39, 0.29) is 11.4 Å². The third-order valence-electron chi connectivity index (χ3n) is 6.94. The highest BCUT2D eigenvalue weighted by Gasteiger charge is 2.22. The largest absolute Gasteiger partial charge is 0.508 e. The number of nitrogens with zero attached hydrogens (tertiary/aromatic N) is 5. The van der Waals surface area contributed by atoms with Gasteiger partial charge in [-0.3, -0.25) is 0 Å². The lowest BCUT2D eigenvalue weighted by molar-refractivity contribution is 0.113. The first-order valence-corrected chi connectivity index (χ1v) is 12.2. The molecule has 8 nitrogen and oxygen atoms in total. The van der Waals surface area contributed by atoms with Crippen molar-refractivity contribution in [3.05, 3.63) is 101 Å². The molecule has 5 rings (SSSR count). The van der Waals surface area contributed by atoms with Gasteiger partial charge in [0.15, 0.2) is 0 Å². The van der Waals surface area contributed by atoms with E-state index in [1.165, 1.54) is 15.6 Å². The van der Waals surface area contributed by atoms with Crippen molar-refractivity contribution >= 4 is 11.4 Å². The summed E-state index contributed by atoms with van der Waals surface area (Å²) in [6, 6.07) is 22.4. The monoisotopic (exact) mass is 485 g/mol. The Kier molecular flexibility index (Phi) is 6.52. The topological polar surface area (TPSA) is 86.8 Å². The molecule has 1 saturated heterocycles. The quantitative estimate of drug-likeness (QED) is 0.433. The molecule has 1 aliphatic rings. The number of benzene rings is 3. The minimum absolute atomic E-state index is 0.277. The summed E-state index contributed by atoms with van der Waals surface area (Å²) >= 11 is 0. The van der Waals surface area contributed by atoms with Crippen LogP contribution in [0.25, 0.3) is 5.69 Å². The predicted octanol–water partition coefficient (Wildman–Crippen LogP) is 3.67. The SMILES string of the molecule is Cc1ccc(C(O)C(C)n2ncn(-c3ccc(N4CCN(c5ccc(O)cc5)CC4)cc3)c2=O)cc1. The number of phenols is 1. The van der Waals surface area contributed by atoms with Crippen molar-refractivity contribution in [3.8, 4) is 11.4 Å². The zero-order valence-electron chi connectivity index (χ0n) is 20.5. The third kappa shape index (κ3) is 4.72. The van der Waals surface area contributed by atoms with E-state index in [2.05, 4.69) is 14.9 Å². The second-order valence-corrected chi connectivity index (χ2v) is 9.33. The molecule has 0 aliphatic carbocycles. The van der Waals surface area contributed by atoms with Gasteiger partial charge < -0.3 is 20.0 Å². The number of aryl methyl sites for hydroxylation is 1. The van der Waals surface area contributed by atoms with E-state index < -0.39 is 12.1 Å². The van der Waals surface area contributed by atoms with Crippen LogP contribution in [0.15, 0.2) is 83.9 Å². The van der Waals surface area contributed by atoms with Crippen molar-refractivity contribution in [2.75, 3.05) is 36.0 Å². The molecule has 0 bridgehead atoms. The number of aliphatic hydroxyl groups excluding tert-OH is 1. The fourth-order valence-corrected chi connectivity index (χ4v) is 4.66. The van der Waals surface area contributed by atoms with Gasteiger partial charge in [0.25, 0.3) is 0 Å². The van der Waals surface area contributed by atoms with Gasteiger partial charge in [0.2, 0.25) is 0 Å². The van der Waals surface area contributed by atoms with Crippen LogP contribution in [0.1, 0.15) is 30.2 Å². The molecule has 186 valence electrons. The Morgan fingerprint density at radius 1 is 0.778 bits per heavy atom. The Balaban J connectivity index is 1.26. The van der Waals surface area contributed by atoms with E-state index in [9.17, 15) is 15.0 Å². The van der Waals surface area contributed by atoms with Crippen LogP contribution in [-0.4, -0.2) is 50.7 Å². The van der Waals surface area contributed by atoms with Gasteiger partial charge in [-0.05, 0) is 67.9 Å². The number of rotatable bonds is 6. The van der Waals surface area contributed by atoms with Gasteiger partial charge in [-0.2, -0.15) is 5.10 Å². The van der Waals surface area contributed by atoms with E-state index in [0.717, 1.165) is 54.4 Å². The molecular formula is C28H31N5O3. The summed E-state index contributed by atoms with van der Waals surface area (Å²) in [4.78, 5) is 17.7. The standard InChI is InChI=1S/C28H31N5O3/c1-20-3-5-22(6-4-20)27(35)21(2)33-28(36)32(19-29-33)25-9-7-23(8-10-25)30-15-17-31(18-16-30)24-11-13-26(34)14-12-24/h3-14,19,21,27,34-35H,15-18H2,1-2H3. The third-order valence-corrected chi connectivity index (χ3v) is 6.94. The molecule has 4 aromatic rings. The summed E-state index contributed by atoms with van der Waals surface area (Å²) in [5.41, 5.74) is 4.53.